The van der Waals surface area contributed by atoms with Gasteiger partial charge in [-0.05, 0) is 24.5 Å². The van der Waals surface area contributed by atoms with Crippen LogP contribution in [0.5, 0.6) is 0 Å². The van der Waals surface area contributed by atoms with Crippen molar-refractivity contribution < 1.29 is 18.0 Å². The second-order valence-corrected chi connectivity index (χ2v) is 5.11. The average Bonchev–Trinajstić information content (AvgIpc) is 2.80. The summed E-state index contributed by atoms with van der Waals surface area (Å²) in [6.45, 7) is 1.25. The summed E-state index contributed by atoms with van der Waals surface area (Å²) in [6, 6.07) is 0.875. The zero-order valence-electron chi connectivity index (χ0n) is 11.5. The molecule has 2 aromatic heterocycles. The van der Waals surface area contributed by atoms with Crippen molar-refractivity contribution in [1.82, 2.24) is 14.7 Å². The molecule has 3 N–H and O–H groups in total. The van der Waals surface area contributed by atoms with Crippen LogP contribution < -0.4 is 16.2 Å². The minimum Gasteiger partial charge on any atom is -0.355 e. The van der Waals surface area contributed by atoms with Gasteiger partial charge < -0.3 is 10.6 Å². The zero-order valence-corrected chi connectivity index (χ0v) is 12.3. The minimum atomic E-state index is -4.54. The predicted molar refractivity (Wildman–Crippen MR) is 75.6 cm³/mol. The van der Waals surface area contributed by atoms with Gasteiger partial charge in [-0.25, -0.2) is 0 Å². The van der Waals surface area contributed by atoms with Crippen LogP contribution in [0.15, 0.2) is 17.1 Å². The fraction of sp³-hybridized carbons (Fsp3) is 0.250. The Bertz CT molecular complexity index is 766. The first kappa shape index (κ1) is 16.0. The molecule has 0 unspecified atom stereocenters. The number of hydrogen-bond acceptors (Lipinski definition) is 5. The molecule has 2 aromatic rings. The van der Waals surface area contributed by atoms with E-state index in [0.717, 1.165) is 17.6 Å². The first-order valence-electron chi connectivity index (χ1n) is 5.98. The third-order valence-corrected chi connectivity index (χ3v) is 3.60. The average molecular weight is 332 g/mol. The maximum absolute atomic E-state index is 12.8. The molecular formula is C12H11F3N4O2S. The molecule has 0 radical (unpaired) electrons. The molecule has 0 aliphatic carbocycles. The number of nitrogens with one attached hydrogen (secondary N) is 3. The van der Waals surface area contributed by atoms with E-state index in [1.807, 2.05) is 0 Å². The van der Waals surface area contributed by atoms with Crippen molar-refractivity contribution in [2.45, 2.75) is 13.1 Å². The van der Waals surface area contributed by atoms with Crippen molar-refractivity contribution >= 4 is 28.1 Å². The smallest absolute Gasteiger partial charge is 0.355 e. The van der Waals surface area contributed by atoms with Crippen LogP contribution in [0.25, 0.3) is 0 Å². The Morgan fingerprint density at radius 2 is 2.09 bits per heavy atom. The number of carbonyl (C=O) groups is 1. The van der Waals surface area contributed by atoms with Crippen LogP contribution in [0.1, 0.15) is 21.6 Å². The summed E-state index contributed by atoms with van der Waals surface area (Å²) >= 11 is 0.814. The van der Waals surface area contributed by atoms with Crippen LogP contribution in [0.3, 0.4) is 0 Å². The third-order valence-electron chi connectivity index (χ3n) is 2.80. The largest absolute Gasteiger partial charge is 0.418 e. The van der Waals surface area contributed by atoms with Gasteiger partial charge in [-0.1, -0.05) is 0 Å². The molecule has 1 amide bonds. The summed E-state index contributed by atoms with van der Waals surface area (Å²) in [4.78, 5) is 26.9. The van der Waals surface area contributed by atoms with Crippen molar-refractivity contribution in [2.75, 3.05) is 12.4 Å². The number of rotatable bonds is 3. The number of aromatic amines is 1. The molecule has 0 aliphatic heterocycles. The second-order valence-electron chi connectivity index (χ2n) is 4.30. The summed E-state index contributed by atoms with van der Waals surface area (Å²) in [6.07, 6.45) is -3.34. The number of anilines is 2. The normalized spacial score (nSPS) is 11.3. The molecule has 2 heterocycles. The van der Waals surface area contributed by atoms with Crippen LogP contribution in [-0.4, -0.2) is 22.3 Å². The number of carbonyl (C=O) groups excluding carboxylic acids is 1. The number of nitrogens with zero attached hydrogens (tertiary/aromatic N) is 1. The number of aryl methyl sites for hydroxylation is 1. The van der Waals surface area contributed by atoms with Crippen molar-refractivity contribution in [3.05, 3.63) is 39.4 Å². The first-order chi connectivity index (χ1) is 10.2. The van der Waals surface area contributed by atoms with Crippen LogP contribution >= 0.6 is 11.5 Å². The predicted octanol–water partition coefficient (Wildman–Crippen LogP) is 2.26. The van der Waals surface area contributed by atoms with E-state index in [1.165, 1.54) is 20.2 Å². The molecule has 118 valence electrons. The molecule has 6 nitrogen and oxygen atoms in total. The molecule has 0 bridgehead atoms. The van der Waals surface area contributed by atoms with Crippen molar-refractivity contribution in [3.63, 3.8) is 0 Å². The van der Waals surface area contributed by atoms with E-state index in [9.17, 15) is 22.8 Å². The third kappa shape index (κ3) is 3.11. The van der Waals surface area contributed by atoms with Crippen molar-refractivity contribution in [2.24, 2.45) is 0 Å². The van der Waals surface area contributed by atoms with Gasteiger partial charge in [0.2, 0.25) is 0 Å². The van der Waals surface area contributed by atoms with Crippen molar-refractivity contribution in [1.29, 1.82) is 0 Å². The highest BCUT2D eigenvalue weighted by molar-refractivity contribution is 7.10. The van der Waals surface area contributed by atoms with Gasteiger partial charge >= 0.3 is 6.18 Å². The fourth-order valence-electron chi connectivity index (χ4n) is 1.74. The van der Waals surface area contributed by atoms with E-state index in [0.29, 0.717) is 0 Å². The van der Waals surface area contributed by atoms with Crippen molar-refractivity contribution in [3.8, 4) is 0 Å². The van der Waals surface area contributed by atoms with Crippen LogP contribution in [0.4, 0.5) is 23.9 Å². The lowest BCUT2D eigenvalue weighted by atomic mass is 10.2. The lowest BCUT2D eigenvalue weighted by Crippen LogP contribution is -2.24. The molecule has 0 saturated carbocycles. The maximum atomic E-state index is 12.8. The molecule has 2 rings (SSSR count). The number of aromatic nitrogens is 2. The van der Waals surface area contributed by atoms with E-state index < -0.39 is 23.2 Å². The van der Waals surface area contributed by atoms with Gasteiger partial charge in [0.15, 0.2) is 0 Å². The van der Waals surface area contributed by atoms with Gasteiger partial charge in [0.05, 0.1) is 17.4 Å². The molecule has 22 heavy (non-hydrogen) atoms. The molecule has 0 spiro atoms. The SMILES string of the molecule is CNC(=O)c1c(Nc2cnc(C)c(C(F)(F)F)c2)s[nH]c1=O. The first-order valence-corrected chi connectivity index (χ1v) is 6.80. The minimum absolute atomic E-state index is 0.0262. The summed E-state index contributed by atoms with van der Waals surface area (Å²) in [5, 5.41) is 5.02. The quantitative estimate of drug-likeness (QED) is 0.805. The topological polar surface area (TPSA) is 86.9 Å². The van der Waals surface area contributed by atoms with Gasteiger partial charge in [-0.3, -0.25) is 18.9 Å². The molecule has 0 saturated heterocycles. The molecule has 0 aliphatic rings. The zero-order chi connectivity index (χ0) is 16.5. The molecule has 0 aromatic carbocycles. The Labute approximate surface area is 126 Å². The Kier molecular flexibility index (Phi) is 4.22. The lowest BCUT2D eigenvalue weighted by molar-refractivity contribution is -0.138. The van der Waals surface area contributed by atoms with Crippen LogP contribution in [-0.2, 0) is 6.18 Å². The fourth-order valence-corrected chi connectivity index (χ4v) is 2.49. The number of amides is 1. The van der Waals surface area contributed by atoms with E-state index in [-0.39, 0.29) is 21.9 Å². The summed E-state index contributed by atoms with van der Waals surface area (Å²) in [7, 11) is 1.35. The highest BCUT2D eigenvalue weighted by atomic mass is 32.1. The Hall–Kier alpha value is -2.36. The number of halogens is 3. The van der Waals surface area contributed by atoms with Gasteiger partial charge in [-0.2, -0.15) is 13.2 Å². The van der Waals surface area contributed by atoms with E-state index in [2.05, 4.69) is 20.0 Å². The Morgan fingerprint density at radius 3 is 2.68 bits per heavy atom. The van der Waals surface area contributed by atoms with E-state index in [1.54, 1.807) is 0 Å². The highest BCUT2D eigenvalue weighted by Crippen LogP contribution is 2.33. The summed E-state index contributed by atoms with van der Waals surface area (Å²) < 4.78 is 40.9. The number of pyridine rings is 1. The second kappa shape index (κ2) is 5.79. The Balaban J connectivity index is 2.41. The van der Waals surface area contributed by atoms with E-state index >= 15 is 0 Å². The molecular weight excluding hydrogens is 321 g/mol. The maximum Gasteiger partial charge on any atom is 0.418 e. The van der Waals surface area contributed by atoms with Crippen LogP contribution in [0.2, 0.25) is 0 Å². The van der Waals surface area contributed by atoms with Gasteiger partial charge in [-0.15, -0.1) is 0 Å². The standard InChI is InChI=1S/C12H11F3N4O2S/c1-5-7(12(13,14)15)3-6(4-17-5)18-11-8(9(20)16-2)10(21)19-22-11/h3-4,18H,1-2H3,(H,16,20)(H,19,21). The number of H-pyrrole nitrogens is 1. The Morgan fingerprint density at radius 1 is 1.41 bits per heavy atom. The van der Waals surface area contributed by atoms with Crippen LogP contribution in [0, 0.1) is 6.92 Å². The van der Waals surface area contributed by atoms with E-state index in [4.69, 9.17) is 0 Å². The summed E-state index contributed by atoms with van der Waals surface area (Å²) in [5.41, 5.74) is -1.84. The van der Waals surface area contributed by atoms with Gasteiger partial charge in [0.1, 0.15) is 10.6 Å². The van der Waals surface area contributed by atoms with Gasteiger partial charge in [0.25, 0.3) is 11.5 Å². The van der Waals surface area contributed by atoms with Gasteiger partial charge in [0, 0.05) is 12.7 Å². The number of hydrogen-bond donors (Lipinski definition) is 3. The monoisotopic (exact) mass is 332 g/mol. The molecule has 0 fully saturated rings. The highest BCUT2D eigenvalue weighted by Gasteiger charge is 2.33. The molecule has 0 atom stereocenters. The molecule has 10 heteroatoms. The summed E-state index contributed by atoms with van der Waals surface area (Å²) in [5.74, 6) is -0.638. The lowest BCUT2D eigenvalue weighted by Gasteiger charge is -2.12. The number of alkyl halides is 3.